The fraction of sp³-hybridized carbons (Fsp3) is 0.474. The van der Waals surface area contributed by atoms with Crippen LogP contribution in [0.2, 0.25) is 0 Å². The minimum Gasteiger partial charge on any atom is -0.460 e. The standard InChI is InChI=1S/C19H21NO6/c1-18(2,3)25-16(23)11-9-19(4,10-11)17(24)26-20-14(21)12-7-5-6-8-13(12)15(20)22/h5-8,11H,9-10H2,1-4H3. The van der Waals surface area contributed by atoms with Crippen molar-refractivity contribution < 1.29 is 28.8 Å². The van der Waals surface area contributed by atoms with Gasteiger partial charge in [-0.05, 0) is 52.7 Å². The molecule has 7 heteroatoms. The smallest absolute Gasteiger partial charge is 0.339 e. The molecule has 1 aromatic carbocycles. The van der Waals surface area contributed by atoms with E-state index in [2.05, 4.69) is 0 Å². The van der Waals surface area contributed by atoms with Crippen LogP contribution in [0.1, 0.15) is 61.3 Å². The molecule has 0 bridgehead atoms. The van der Waals surface area contributed by atoms with Gasteiger partial charge in [-0.15, -0.1) is 0 Å². The van der Waals surface area contributed by atoms with E-state index in [1.54, 1.807) is 39.8 Å². The lowest BCUT2D eigenvalue weighted by atomic mass is 9.63. The van der Waals surface area contributed by atoms with Crippen LogP contribution in [0, 0.1) is 11.3 Å². The largest absolute Gasteiger partial charge is 0.460 e. The molecule has 3 rings (SSSR count). The predicted octanol–water partition coefficient (Wildman–Crippen LogP) is 2.50. The van der Waals surface area contributed by atoms with Gasteiger partial charge >= 0.3 is 11.9 Å². The van der Waals surface area contributed by atoms with E-state index in [0.717, 1.165) is 0 Å². The molecule has 0 N–H and O–H groups in total. The van der Waals surface area contributed by atoms with Crippen LogP contribution in [0.4, 0.5) is 0 Å². The van der Waals surface area contributed by atoms with Gasteiger partial charge in [-0.2, -0.15) is 0 Å². The molecule has 1 aliphatic heterocycles. The van der Waals surface area contributed by atoms with Crippen LogP contribution in [0.3, 0.4) is 0 Å². The van der Waals surface area contributed by atoms with Crippen LogP contribution in [0.5, 0.6) is 0 Å². The second-order valence-electron chi connectivity index (χ2n) is 8.03. The lowest BCUT2D eigenvalue weighted by molar-refractivity contribution is -0.193. The number of fused-ring (bicyclic) bond motifs is 1. The second kappa shape index (κ2) is 5.93. The van der Waals surface area contributed by atoms with Crippen molar-refractivity contribution >= 4 is 23.8 Å². The normalized spacial score (nSPS) is 24.8. The molecule has 2 amide bonds. The maximum Gasteiger partial charge on any atom is 0.339 e. The van der Waals surface area contributed by atoms with Crippen molar-refractivity contribution in [1.82, 2.24) is 5.06 Å². The number of carbonyl (C=O) groups excluding carboxylic acids is 4. The lowest BCUT2D eigenvalue weighted by Crippen LogP contribution is -2.49. The number of ether oxygens (including phenoxy) is 1. The second-order valence-corrected chi connectivity index (χ2v) is 8.03. The number of benzene rings is 1. The topological polar surface area (TPSA) is 90.0 Å². The summed E-state index contributed by atoms with van der Waals surface area (Å²) in [4.78, 5) is 54.1. The Morgan fingerprint density at radius 1 is 1.08 bits per heavy atom. The summed E-state index contributed by atoms with van der Waals surface area (Å²) in [7, 11) is 0. The Hall–Kier alpha value is -2.70. The van der Waals surface area contributed by atoms with E-state index in [1.807, 2.05) is 0 Å². The van der Waals surface area contributed by atoms with E-state index in [-0.39, 0.29) is 29.9 Å². The molecule has 0 radical (unpaired) electrons. The first-order valence-corrected chi connectivity index (χ1v) is 8.45. The van der Waals surface area contributed by atoms with Crippen LogP contribution in [0.15, 0.2) is 24.3 Å². The molecule has 26 heavy (non-hydrogen) atoms. The number of hydrogen-bond donors (Lipinski definition) is 0. The van der Waals surface area contributed by atoms with Crippen LogP contribution >= 0.6 is 0 Å². The maximum absolute atomic E-state index is 12.5. The Morgan fingerprint density at radius 3 is 2.04 bits per heavy atom. The summed E-state index contributed by atoms with van der Waals surface area (Å²) in [5, 5.41) is 0.499. The highest BCUT2D eigenvalue weighted by atomic mass is 16.7. The Balaban J connectivity index is 1.63. The molecule has 0 aromatic heterocycles. The zero-order valence-corrected chi connectivity index (χ0v) is 15.2. The molecule has 1 aliphatic carbocycles. The van der Waals surface area contributed by atoms with Crippen LogP contribution in [-0.2, 0) is 19.2 Å². The average Bonchev–Trinajstić information content (AvgIpc) is 2.75. The van der Waals surface area contributed by atoms with Crippen LogP contribution in [-0.4, -0.2) is 34.4 Å². The summed E-state index contributed by atoms with van der Waals surface area (Å²) in [5.41, 5.74) is -1.12. The SMILES string of the molecule is CC(C)(C)OC(=O)C1CC(C)(C(=O)ON2C(=O)c3ccccc3C2=O)C1. The molecule has 138 valence electrons. The van der Waals surface area contributed by atoms with Gasteiger partial charge in [0.15, 0.2) is 0 Å². The van der Waals surface area contributed by atoms with Gasteiger partial charge < -0.3 is 9.57 Å². The first-order valence-electron chi connectivity index (χ1n) is 8.45. The zero-order chi connectivity index (χ0) is 19.3. The van der Waals surface area contributed by atoms with Crippen molar-refractivity contribution in [2.75, 3.05) is 0 Å². The molecule has 1 heterocycles. The molecule has 2 aliphatic rings. The molecular formula is C19H21NO6. The monoisotopic (exact) mass is 359 g/mol. The number of carbonyl (C=O) groups is 4. The van der Waals surface area contributed by atoms with Gasteiger partial charge in [0, 0.05) is 0 Å². The number of amides is 2. The van der Waals surface area contributed by atoms with Gasteiger partial charge in [0.05, 0.1) is 22.5 Å². The molecular weight excluding hydrogens is 338 g/mol. The third-order valence-corrected chi connectivity index (χ3v) is 4.56. The number of nitrogens with zero attached hydrogens (tertiary/aromatic N) is 1. The summed E-state index contributed by atoms with van der Waals surface area (Å²) < 4.78 is 5.31. The van der Waals surface area contributed by atoms with Crippen molar-refractivity contribution in [2.24, 2.45) is 11.3 Å². The first kappa shape index (κ1) is 18.1. The van der Waals surface area contributed by atoms with Crippen LogP contribution < -0.4 is 0 Å². The number of hydrogen-bond acceptors (Lipinski definition) is 6. The third kappa shape index (κ3) is 3.09. The fourth-order valence-corrected chi connectivity index (χ4v) is 3.19. The van der Waals surface area contributed by atoms with E-state index in [4.69, 9.17) is 9.57 Å². The van der Waals surface area contributed by atoms with Gasteiger partial charge in [-0.3, -0.25) is 14.4 Å². The van der Waals surface area contributed by atoms with Crippen LogP contribution in [0.25, 0.3) is 0 Å². The van der Waals surface area contributed by atoms with E-state index in [0.29, 0.717) is 5.06 Å². The van der Waals surface area contributed by atoms with Crippen molar-refractivity contribution in [2.45, 2.75) is 46.1 Å². The summed E-state index contributed by atoms with van der Waals surface area (Å²) in [6, 6.07) is 6.28. The van der Waals surface area contributed by atoms with Crippen molar-refractivity contribution in [3.8, 4) is 0 Å². The van der Waals surface area contributed by atoms with E-state index in [9.17, 15) is 19.2 Å². The van der Waals surface area contributed by atoms with E-state index < -0.39 is 34.7 Å². The van der Waals surface area contributed by atoms with Crippen molar-refractivity contribution in [1.29, 1.82) is 0 Å². The molecule has 1 fully saturated rings. The van der Waals surface area contributed by atoms with Gasteiger partial charge in [0.25, 0.3) is 11.8 Å². The van der Waals surface area contributed by atoms with E-state index >= 15 is 0 Å². The molecule has 0 unspecified atom stereocenters. The molecule has 0 saturated heterocycles. The van der Waals surface area contributed by atoms with Crippen molar-refractivity contribution in [3.63, 3.8) is 0 Å². The highest BCUT2D eigenvalue weighted by molar-refractivity contribution is 6.20. The summed E-state index contributed by atoms with van der Waals surface area (Å²) in [6.45, 7) is 6.98. The Bertz CT molecular complexity index is 765. The Labute approximate surface area is 151 Å². The predicted molar refractivity (Wildman–Crippen MR) is 89.7 cm³/mol. The minimum absolute atomic E-state index is 0.204. The molecule has 1 saturated carbocycles. The molecule has 1 aromatic rings. The Kier molecular flexibility index (Phi) is 4.13. The summed E-state index contributed by atoms with van der Waals surface area (Å²) in [6.07, 6.45) is 0.508. The molecule has 7 nitrogen and oxygen atoms in total. The quantitative estimate of drug-likeness (QED) is 0.608. The van der Waals surface area contributed by atoms with Gasteiger partial charge in [-0.1, -0.05) is 17.2 Å². The summed E-state index contributed by atoms with van der Waals surface area (Å²) in [5.74, 6) is -2.78. The number of esters is 1. The minimum atomic E-state index is -0.934. The maximum atomic E-state index is 12.5. The molecule has 0 atom stereocenters. The third-order valence-electron chi connectivity index (χ3n) is 4.56. The van der Waals surface area contributed by atoms with Gasteiger partial charge in [0.1, 0.15) is 5.60 Å². The summed E-state index contributed by atoms with van der Waals surface area (Å²) >= 11 is 0. The average molecular weight is 359 g/mol. The highest BCUT2D eigenvalue weighted by Gasteiger charge is 2.53. The fourth-order valence-electron chi connectivity index (χ4n) is 3.19. The lowest BCUT2D eigenvalue weighted by Gasteiger charge is -2.42. The van der Waals surface area contributed by atoms with E-state index in [1.165, 1.54) is 12.1 Å². The number of imide groups is 1. The Morgan fingerprint density at radius 2 is 1.58 bits per heavy atom. The van der Waals surface area contributed by atoms with Gasteiger partial charge in [-0.25, -0.2) is 4.79 Å². The van der Waals surface area contributed by atoms with Gasteiger partial charge in [0.2, 0.25) is 0 Å². The number of rotatable bonds is 3. The first-order chi connectivity index (χ1) is 12.0. The highest BCUT2D eigenvalue weighted by Crippen LogP contribution is 2.47. The zero-order valence-electron chi connectivity index (χ0n) is 15.2. The number of hydroxylamine groups is 2. The molecule has 0 spiro atoms. The van der Waals surface area contributed by atoms with Crippen molar-refractivity contribution in [3.05, 3.63) is 35.4 Å².